The van der Waals surface area contributed by atoms with Gasteiger partial charge in [0.1, 0.15) is 0 Å². The van der Waals surface area contributed by atoms with Gasteiger partial charge in [0, 0.05) is 19.9 Å². The smallest absolute Gasteiger partial charge is 0.158 e. The van der Waals surface area contributed by atoms with Gasteiger partial charge < -0.3 is 10.5 Å². The van der Waals surface area contributed by atoms with Crippen LogP contribution in [0.15, 0.2) is 18.3 Å². The first-order chi connectivity index (χ1) is 8.74. The summed E-state index contributed by atoms with van der Waals surface area (Å²) in [5.74, 6) is -0.0199. The Morgan fingerprint density at radius 1 is 1.67 bits per heavy atom. The first-order valence-corrected chi connectivity index (χ1v) is 6.46. The molecule has 0 amide bonds. The van der Waals surface area contributed by atoms with Crippen LogP contribution in [-0.4, -0.2) is 30.5 Å². The highest BCUT2D eigenvalue weighted by molar-refractivity contribution is 5.90. The quantitative estimate of drug-likeness (QED) is 0.856. The summed E-state index contributed by atoms with van der Waals surface area (Å²) in [6.45, 7) is 0.523. The van der Waals surface area contributed by atoms with Gasteiger partial charge in [-0.2, -0.15) is 0 Å². The minimum Gasteiger partial charge on any atom is -0.385 e. The highest BCUT2D eigenvalue weighted by Crippen LogP contribution is 2.31. The van der Waals surface area contributed by atoms with Gasteiger partial charge >= 0.3 is 0 Å². The monoisotopic (exact) mass is 248 g/mol. The average Bonchev–Trinajstić information content (AvgIpc) is 2.43. The minimum absolute atomic E-state index is 0.103. The zero-order valence-corrected chi connectivity index (χ0v) is 10.8. The van der Waals surface area contributed by atoms with Crippen LogP contribution in [0.5, 0.6) is 0 Å². The molecule has 2 N–H and O–H groups in total. The van der Waals surface area contributed by atoms with Crippen molar-refractivity contribution in [2.75, 3.05) is 13.7 Å². The van der Waals surface area contributed by atoms with Crippen molar-refractivity contribution in [3.63, 3.8) is 0 Å². The number of nitrogens with zero attached hydrogens (tertiary/aromatic N) is 1. The Labute approximate surface area is 108 Å². The molecule has 0 bridgehead atoms. The zero-order valence-electron chi connectivity index (χ0n) is 10.8. The van der Waals surface area contributed by atoms with Crippen LogP contribution in [0.3, 0.4) is 0 Å². The number of hydrogen-bond acceptors (Lipinski definition) is 4. The summed E-state index contributed by atoms with van der Waals surface area (Å²) in [4.78, 5) is 16.7. The molecule has 0 aromatic carbocycles. The van der Waals surface area contributed by atoms with E-state index in [9.17, 15) is 4.79 Å². The summed E-state index contributed by atoms with van der Waals surface area (Å²) in [7, 11) is 1.62. The van der Waals surface area contributed by atoms with Gasteiger partial charge in [0.25, 0.3) is 0 Å². The average molecular weight is 248 g/mol. The number of Topliss-reactive ketones (excluding diaryl/α,β-unsaturated/α-hetero) is 1. The molecule has 1 aromatic rings. The maximum absolute atomic E-state index is 12.3. The van der Waals surface area contributed by atoms with Crippen LogP contribution >= 0.6 is 0 Å². The van der Waals surface area contributed by atoms with E-state index >= 15 is 0 Å². The Hall–Kier alpha value is -1.26. The molecule has 18 heavy (non-hydrogen) atoms. The Kier molecular flexibility index (Phi) is 4.44. The molecule has 98 valence electrons. The van der Waals surface area contributed by atoms with Gasteiger partial charge in [-0.3, -0.25) is 9.78 Å². The summed E-state index contributed by atoms with van der Waals surface area (Å²) in [6, 6.07) is 3.54. The van der Waals surface area contributed by atoms with Crippen molar-refractivity contribution < 1.29 is 9.53 Å². The van der Waals surface area contributed by atoms with E-state index in [-0.39, 0.29) is 11.7 Å². The largest absolute Gasteiger partial charge is 0.385 e. The number of rotatable bonds is 5. The summed E-state index contributed by atoms with van der Waals surface area (Å²) in [5.41, 5.74) is 8.06. The van der Waals surface area contributed by atoms with Gasteiger partial charge in [0.05, 0.1) is 17.7 Å². The van der Waals surface area contributed by atoms with Crippen molar-refractivity contribution in [1.82, 2.24) is 4.98 Å². The number of ketones is 1. The second kappa shape index (κ2) is 6.07. The van der Waals surface area contributed by atoms with Crippen LogP contribution in [0.25, 0.3) is 0 Å². The van der Waals surface area contributed by atoms with Crippen LogP contribution in [0, 0.1) is 0 Å². The fourth-order valence-electron chi connectivity index (χ4n) is 2.53. The molecule has 1 heterocycles. The van der Waals surface area contributed by atoms with E-state index in [0.29, 0.717) is 13.0 Å². The molecule has 4 nitrogen and oxygen atoms in total. The van der Waals surface area contributed by atoms with Crippen molar-refractivity contribution in [2.24, 2.45) is 5.73 Å². The van der Waals surface area contributed by atoms with Crippen LogP contribution < -0.4 is 5.73 Å². The molecular formula is C14H20N2O2. The molecule has 4 heteroatoms. The van der Waals surface area contributed by atoms with Gasteiger partial charge in [-0.05, 0) is 37.3 Å². The molecular weight excluding hydrogens is 228 g/mol. The third-order valence-electron chi connectivity index (χ3n) is 3.54. The second-order valence-electron chi connectivity index (χ2n) is 4.78. The van der Waals surface area contributed by atoms with Crippen LogP contribution in [0.1, 0.15) is 36.4 Å². The molecule has 2 unspecified atom stereocenters. The molecule has 0 aliphatic heterocycles. The van der Waals surface area contributed by atoms with Crippen LogP contribution in [0.2, 0.25) is 0 Å². The number of aromatic nitrogens is 1. The fourth-order valence-corrected chi connectivity index (χ4v) is 2.53. The molecule has 2 atom stereocenters. The van der Waals surface area contributed by atoms with E-state index in [0.717, 1.165) is 25.0 Å². The fraction of sp³-hybridized carbons (Fsp3) is 0.571. The number of pyridine rings is 1. The maximum atomic E-state index is 12.3. The van der Waals surface area contributed by atoms with Crippen LogP contribution in [0.4, 0.5) is 0 Å². The third kappa shape index (κ3) is 2.76. The highest BCUT2D eigenvalue weighted by Gasteiger charge is 2.30. The van der Waals surface area contributed by atoms with Crippen molar-refractivity contribution in [2.45, 2.75) is 37.6 Å². The summed E-state index contributed by atoms with van der Waals surface area (Å²) >= 11 is 0. The number of fused-ring (bicyclic) bond motifs is 1. The lowest BCUT2D eigenvalue weighted by molar-refractivity contribution is -0.122. The maximum Gasteiger partial charge on any atom is 0.158 e. The van der Waals surface area contributed by atoms with Crippen molar-refractivity contribution >= 4 is 5.78 Å². The number of hydrogen-bond donors (Lipinski definition) is 1. The van der Waals surface area contributed by atoms with Crippen molar-refractivity contribution in [1.29, 1.82) is 0 Å². The topological polar surface area (TPSA) is 65.2 Å². The summed E-state index contributed by atoms with van der Waals surface area (Å²) in [6.07, 6.45) is 5.25. The molecule has 1 aromatic heterocycles. The van der Waals surface area contributed by atoms with Gasteiger partial charge in [-0.15, -0.1) is 0 Å². The Morgan fingerprint density at radius 2 is 2.50 bits per heavy atom. The third-order valence-corrected chi connectivity index (χ3v) is 3.54. The van der Waals surface area contributed by atoms with Crippen molar-refractivity contribution in [3.8, 4) is 0 Å². The minimum atomic E-state index is -0.442. The number of nitrogens with two attached hydrogens (primary N) is 1. The Morgan fingerprint density at radius 3 is 3.28 bits per heavy atom. The molecule has 1 aliphatic carbocycles. The molecule has 0 radical (unpaired) electrons. The van der Waals surface area contributed by atoms with E-state index in [1.807, 2.05) is 6.07 Å². The number of aryl methyl sites for hydroxylation is 1. The Balaban J connectivity index is 2.12. The van der Waals surface area contributed by atoms with E-state index in [4.69, 9.17) is 10.5 Å². The zero-order chi connectivity index (χ0) is 13.0. The summed E-state index contributed by atoms with van der Waals surface area (Å²) < 4.78 is 4.97. The van der Waals surface area contributed by atoms with E-state index < -0.39 is 6.04 Å². The molecule has 1 aliphatic rings. The van der Waals surface area contributed by atoms with E-state index in [1.165, 1.54) is 5.56 Å². The van der Waals surface area contributed by atoms with Gasteiger partial charge in [-0.25, -0.2) is 0 Å². The molecule has 0 saturated heterocycles. The van der Waals surface area contributed by atoms with Gasteiger partial charge in [0.2, 0.25) is 0 Å². The lowest BCUT2D eigenvalue weighted by Gasteiger charge is -2.25. The summed E-state index contributed by atoms with van der Waals surface area (Å²) in [5, 5.41) is 0. The predicted octanol–water partition coefficient (Wildman–Crippen LogP) is 1.43. The number of ether oxygens (including phenoxy) is 1. The predicted molar refractivity (Wildman–Crippen MR) is 69.4 cm³/mol. The normalized spacial score (nSPS) is 20.2. The van der Waals surface area contributed by atoms with Gasteiger partial charge in [0.15, 0.2) is 5.78 Å². The second-order valence-corrected chi connectivity index (χ2v) is 4.78. The number of carbonyl (C=O) groups is 1. The van der Waals surface area contributed by atoms with Gasteiger partial charge in [-0.1, -0.05) is 6.07 Å². The Bertz CT molecular complexity index is 420. The lowest BCUT2D eigenvalue weighted by atomic mass is 9.81. The van der Waals surface area contributed by atoms with Crippen molar-refractivity contribution in [3.05, 3.63) is 29.6 Å². The molecule has 0 saturated carbocycles. The standard InChI is InChI=1S/C14H20N2O2/c1-18-9-7-12(15)14(17)11-6-2-4-10-5-3-8-16-13(10)11/h3,5,8,11-12H,2,4,6-7,9,15H2,1H3. The van der Waals surface area contributed by atoms with E-state index in [2.05, 4.69) is 11.1 Å². The SMILES string of the molecule is COCCC(N)C(=O)C1CCCc2cccnc21. The molecule has 0 spiro atoms. The first kappa shape index (κ1) is 13.2. The van der Waals surface area contributed by atoms with Crippen LogP contribution in [-0.2, 0) is 16.0 Å². The number of methoxy groups -OCH3 is 1. The molecule has 0 fully saturated rings. The van der Waals surface area contributed by atoms with E-state index in [1.54, 1.807) is 13.3 Å². The highest BCUT2D eigenvalue weighted by atomic mass is 16.5. The first-order valence-electron chi connectivity index (χ1n) is 6.46. The number of carbonyl (C=O) groups excluding carboxylic acids is 1. The molecule has 2 rings (SSSR count). The lowest BCUT2D eigenvalue weighted by Crippen LogP contribution is -2.37.